The molecular weight excluding hydrogens is 422 g/mol. The van der Waals surface area contributed by atoms with Crippen LogP contribution in [0.2, 0.25) is 0 Å². The topological polar surface area (TPSA) is 95.6 Å². The Labute approximate surface area is 181 Å². The van der Waals surface area contributed by atoms with Gasteiger partial charge in [0.2, 0.25) is 21.8 Å². The molecule has 2 aromatic rings. The maximum absolute atomic E-state index is 12.9. The van der Waals surface area contributed by atoms with Crippen LogP contribution < -0.4 is 10.6 Å². The summed E-state index contributed by atoms with van der Waals surface area (Å²) in [5.74, 6) is -0.463. The van der Waals surface area contributed by atoms with Gasteiger partial charge in [-0.1, -0.05) is 18.9 Å². The number of nitrogens with one attached hydrogen (secondary N) is 2. The molecule has 0 saturated carbocycles. The first-order valence-corrected chi connectivity index (χ1v) is 12.4. The number of rotatable bonds is 7. The quantitative estimate of drug-likeness (QED) is 0.676. The molecule has 0 spiro atoms. The largest absolute Gasteiger partial charge is 0.348 e. The van der Waals surface area contributed by atoms with Gasteiger partial charge in [0.05, 0.1) is 17.4 Å². The highest BCUT2D eigenvalue weighted by Gasteiger charge is 2.25. The van der Waals surface area contributed by atoms with E-state index in [0.717, 1.165) is 30.6 Å². The van der Waals surface area contributed by atoms with Gasteiger partial charge in [-0.2, -0.15) is 4.31 Å². The molecule has 2 heterocycles. The van der Waals surface area contributed by atoms with E-state index < -0.39 is 16.1 Å². The van der Waals surface area contributed by atoms with Crippen LogP contribution in [0.1, 0.15) is 49.9 Å². The Morgan fingerprint density at radius 2 is 1.73 bits per heavy atom. The van der Waals surface area contributed by atoms with Crippen molar-refractivity contribution < 1.29 is 18.0 Å². The molecule has 162 valence electrons. The van der Waals surface area contributed by atoms with Crippen LogP contribution >= 0.6 is 11.3 Å². The highest BCUT2D eigenvalue weighted by Crippen LogP contribution is 2.24. The van der Waals surface area contributed by atoms with Gasteiger partial charge < -0.3 is 10.6 Å². The van der Waals surface area contributed by atoms with E-state index in [-0.39, 0.29) is 23.1 Å². The van der Waals surface area contributed by atoms with Crippen LogP contribution in [0.3, 0.4) is 0 Å². The number of carbonyl (C=O) groups excluding carboxylic acids is 2. The molecule has 1 fully saturated rings. The first-order chi connectivity index (χ1) is 14.4. The van der Waals surface area contributed by atoms with E-state index in [1.54, 1.807) is 16.4 Å². The second kappa shape index (κ2) is 10.2. The van der Waals surface area contributed by atoms with Gasteiger partial charge in [-0.05, 0) is 48.6 Å². The summed E-state index contributed by atoms with van der Waals surface area (Å²) < 4.78 is 27.3. The van der Waals surface area contributed by atoms with Gasteiger partial charge in [0.15, 0.2) is 0 Å². The van der Waals surface area contributed by atoms with E-state index in [1.165, 1.54) is 30.4 Å². The molecular formula is C21H27N3O4S2. The van der Waals surface area contributed by atoms with Crippen molar-refractivity contribution in [2.75, 3.05) is 18.4 Å². The first-order valence-electron chi connectivity index (χ1n) is 10.1. The van der Waals surface area contributed by atoms with Crippen LogP contribution in [0.25, 0.3) is 0 Å². The third-order valence-electron chi connectivity index (χ3n) is 4.99. The molecule has 3 rings (SSSR count). The minimum atomic E-state index is -3.52. The summed E-state index contributed by atoms with van der Waals surface area (Å²) in [6, 6.07) is 9.60. The van der Waals surface area contributed by atoms with Crippen molar-refractivity contribution in [3.05, 3.63) is 46.7 Å². The highest BCUT2D eigenvalue weighted by atomic mass is 32.2. The van der Waals surface area contributed by atoms with Crippen molar-refractivity contribution in [2.45, 2.75) is 50.0 Å². The Kier molecular flexibility index (Phi) is 7.63. The average molecular weight is 450 g/mol. The molecule has 1 saturated heterocycles. The lowest BCUT2D eigenvalue weighted by molar-refractivity contribution is -0.120. The molecule has 1 aromatic carbocycles. The number of thiophene rings is 1. The van der Waals surface area contributed by atoms with E-state index >= 15 is 0 Å². The summed E-state index contributed by atoms with van der Waals surface area (Å²) in [5.41, 5.74) is 0.516. The van der Waals surface area contributed by atoms with E-state index in [4.69, 9.17) is 0 Å². The van der Waals surface area contributed by atoms with Gasteiger partial charge in [0.1, 0.15) is 0 Å². The van der Waals surface area contributed by atoms with Crippen molar-refractivity contribution in [2.24, 2.45) is 0 Å². The Bertz CT molecular complexity index is 949. The molecule has 9 heteroatoms. The number of nitrogens with zero attached hydrogens (tertiary/aromatic N) is 1. The minimum absolute atomic E-state index is 0.0912. The summed E-state index contributed by atoms with van der Waals surface area (Å²) in [5, 5.41) is 7.47. The van der Waals surface area contributed by atoms with Crippen LogP contribution in [0.5, 0.6) is 0 Å². The summed E-state index contributed by atoms with van der Waals surface area (Å²) in [7, 11) is -3.52. The lowest BCUT2D eigenvalue weighted by Crippen LogP contribution is -2.31. The normalized spacial score (nSPS) is 16.4. The van der Waals surface area contributed by atoms with Crippen molar-refractivity contribution >= 4 is 38.9 Å². The second-order valence-corrected chi connectivity index (χ2v) is 10.3. The number of anilines is 1. The number of hydrogen-bond acceptors (Lipinski definition) is 5. The minimum Gasteiger partial charge on any atom is -0.348 e. The molecule has 1 aliphatic rings. The van der Waals surface area contributed by atoms with Gasteiger partial charge >= 0.3 is 0 Å². The van der Waals surface area contributed by atoms with Gasteiger partial charge in [-0.15, -0.1) is 11.3 Å². The molecule has 0 bridgehead atoms. The average Bonchev–Trinajstić information content (AvgIpc) is 3.09. The second-order valence-electron chi connectivity index (χ2n) is 7.36. The van der Waals surface area contributed by atoms with Gasteiger partial charge in [-0.25, -0.2) is 8.42 Å². The lowest BCUT2D eigenvalue weighted by atomic mass is 10.1. The maximum atomic E-state index is 12.9. The van der Waals surface area contributed by atoms with Crippen molar-refractivity contribution in [3.8, 4) is 0 Å². The fraction of sp³-hybridized carbons (Fsp3) is 0.429. The number of sulfonamides is 1. The van der Waals surface area contributed by atoms with E-state index in [2.05, 4.69) is 10.6 Å². The molecule has 0 aliphatic carbocycles. The van der Waals surface area contributed by atoms with Gasteiger partial charge in [-0.3, -0.25) is 9.59 Å². The molecule has 2 amide bonds. The van der Waals surface area contributed by atoms with E-state index in [0.29, 0.717) is 18.8 Å². The first kappa shape index (κ1) is 22.5. The maximum Gasteiger partial charge on any atom is 0.243 e. The lowest BCUT2D eigenvalue weighted by Gasteiger charge is -2.20. The Morgan fingerprint density at radius 3 is 2.30 bits per heavy atom. The predicted octanol–water partition coefficient (Wildman–Crippen LogP) is 3.52. The molecule has 1 aromatic heterocycles. The molecule has 7 nitrogen and oxygen atoms in total. The predicted molar refractivity (Wildman–Crippen MR) is 118 cm³/mol. The van der Waals surface area contributed by atoms with Crippen molar-refractivity contribution in [3.63, 3.8) is 0 Å². The summed E-state index contributed by atoms with van der Waals surface area (Å²) >= 11 is 1.47. The van der Waals surface area contributed by atoms with E-state index in [9.17, 15) is 18.0 Å². The third kappa shape index (κ3) is 5.90. The van der Waals surface area contributed by atoms with Crippen LogP contribution in [0.4, 0.5) is 5.69 Å². The van der Waals surface area contributed by atoms with Crippen molar-refractivity contribution in [1.29, 1.82) is 0 Å². The monoisotopic (exact) mass is 449 g/mol. The SMILES string of the molecule is CC(=O)NC(CC(=O)Nc1ccc(S(=O)(=O)N2CCCCCC2)cc1)c1cccs1. The molecule has 0 radical (unpaired) electrons. The fourth-order valence-electron chi connectivity index (χ4n) is 3.50. The smallest absolute Gasteiger partial charge is 0.243 e. The number of amides is 2. The molecule has 1 aliphatic heterocycles. The van der Waals surface area contributed by atoms with Crippen molar-refractivity contribution in [1.82, 2.24) is 9.62 Å². The van der Waals surface area contributed by atoms with Crippen LogP contribution in [-0.4, -0.2) is 37.6 Å². The Balaban J connectivity index is 1.64. The highest BCUT2D eigenvalue weighted by molar-refractivity contribution is 7.89. The number of carbonyl (C=O) groups is 2. The summed E-state index contributed by atoms with van der Waals surface area (Å²) in [4.78, 5) is 25.1. The fourth-order valence-corrected chi connectivity index (χ4v) is 5.79. The summed E-state index contributed by atoms with van der Waals surface area (Å²) in [6.07, 6.45) is 3.97. The zero-order valence-corrected chi connectivity index (χ0v) is 18.6. The standard InChI is InChI=1S/C21H27N3O4S2/c1-16(25)22-19(20-7-6-14-29-20)15-21(26)23-17-8-10-18(11-9-17)30(27,28)24-12-4-2-3-5-13-24/h6-11,14,19H,2-5,12-13,15H2,1H3,(H,22,25)(H,23,26). The van der Waals surface area contributed by atoms with E-state index in [1.807, 2.05) is 17.5 Å². The van der Waals surface area contributed by atoms with Gasteiger partial charge in [0.25, 0.3) is 0 Å². The summed E-state index contributed by atoms with van der Waals surface area (Å²) in [6.45, 7) is 2.52. The molecule has 2 N–H and O–H groups in total. The van der Waals surface area contributed by atoms with Crippen LogP contribution in [0.15, 0.2) is 46.7 Å². The molecule has 30 heavy (non-hydrogen) atoms. The molecule has 1 unspecified atom stereocenters. The zero-order chi connectivity index (χ0) is 21.6. The third-order valence-corrected chi connectivity index (χ3v) is 7.89. The Morgan fingerprint density at radius 1 is 1.07 bits per heavy atom. The van der Waals surface area contributed by atoms with Gasteiger partial charge in [0, 0.05) is 30.6 Å². The number of hydrogen-bond donors (Lipinski definition) is 2. The van der Waals surface area contributed by atoms with Crippen LogP contribution in [0, 0.1) is 0 Å². The van der Waals surface area contributed by atoms with Crippen LogP contribution in [-0.2, 0) is 19.6 Å². The number of benzene rings is 1. The zero-order valence-electron chi connectivity index (χ0n) is 17.0. The molecule has 1 atom stereocenters. The Hall–Kier alpha value is -2.23.